The van der Waals surface area contributed by atoms with Gasteiger partial charge in [0.05, 0.1) is 23.6 Å². The Balaban J connectivity index is 1.48. The number of ether oxygens (including phenoxy) is 1. The number of nitrogens with two attached hydrogens (primary N) is 1. The molecule has 132 valence electrons. The molecule has 0 radical (unpaired) electrons. The van der Waals surface area contributed by atoms with Crippen molar-refractivity contribution in [2.24, 2.45) is 11.7 Å². The number of benzene rings is 1. The smallest absolute Gasteiger partial charge is 0.240 e. The standard InChI is InChI=1S/C19H24N4O2/c20-18(14-7-10-25-11-8-14)19(24)22-9-6-17-15(13-22)12-21-23(17)16-4-2-1-3-5-16/h1-5,12,14,18H,6-11,13,20H2. The van der Waals surface area contributed by atoms with Gasteiger partial charge in [-0.2, -0.15) is 5.10 Å². The summed E-state index contributed by atoms with van der Waals surface area (Å²) in [5.74, 6) is 0.291. The van der Waals surface area contributed by atoms with E-state index in [0.29, 0.717) is 26.3 Å². The Labute approximate surface area is 147 Å². The van der Waals surface area contributed by atoms with E-state index >= 15 is 0 Å². The second kappa shape index (κ2) is 6.98. The summed E-state index contributed by atoms with van der Waals surface area (Å²) in [6.45, 7) is 2.71. The third kappa shape index (κ3) is 3.19. The highest BCUT2D eigenvalue weighted by Crippen LogP contribution is 2.24. The van der Waals surface area contributed by atoms with Gasteiger partial charge in [-0.05, 0) is 30.9 Å². The molecule has 0 spiro atoms. The number of carbonyl (C=O) groups is 1. The molecule has 3 heterocycles. The van der Waals surface area contributed by atoms with Crippen LogP contribution in [0, 0.1) is 5.92 Å². The van der Waals surface area contributed by atoms with E-state index in [2.05, 4.69) is 5.10 Å². The summed E-state index contributed by atoms with van der Waals surface area (Å²) in [6, 6.07) is 9.69. The molecule has 1 aromatic heterocycles. The number of carbonyl (C=O) groups excluding carboxylic acids is 1. The van der Waals surface area contributed by atoms with Crippen LogP contribution in [0.4, 0.5) is 0 Å². The van der Waals surface area contributed by atoms with Gasteiger partial charge in [-0.1, -0.05) is 18.2 Å². The van der Waals surface area contributed by atoms with Crippen molar-refractivity contribution in [3.05, 3.63) is 47.8 Å². The lowest BCUT2D eigenvalue weighted by Crippen LogP contribution is -2.50. The highest BCUT2D eigenvalue weighted by atomic mass is 16.5. The lowest BCUT2D eigenvalue weighted by Gasteiger charge is -2.33. The maximum Gasteiger partial charge on any atom is 0.240 e. The average Bonchev–Trinajstić information content (AvgIpc) is 3.11. The van der Waals surface area contributed by atoms with Crippen LogP contribution in [-0.2, 0) is 22.5 Å². The van der Waals surface area contributed by atoms with Crippen LogP contribution in [-0.4, -0.2) is 46.4 Å². The number of rotatable bonds is 3. The molecule has 0 saturated carbocycles. The number of aromatic nitrogens is 2. The van der Waals surface area contributed by atoms with Crippen molar-refractivity contribution < 1.29 is 9.53 Å². The fraction of sp³-hybridized carbons (Fsp3) is 0.474. The number of para-hydroxylation sites is 1. The van der Waals surface area contributed by atoms with Crippen LogP contribution in [0.5, 0.6) is 0 Å². The number of amides is 1. The second-order valence-electron chi connectivity index (χ2n) is 6.85. The third-order valence-electron chi connectivity index (χ3n) is 5.31. The Morgan fingerprint density at radius 2 is 2.00 bits per heavy atom. The molecule has 1 fully saturated rings. The van der Waals surface area contributed by atoms with Crippen molar-refractivity contribution in [3.8, 4) is 5.69 Å². The molecule has 0 bridgehead atoms. The fourth-order valence-electron chi connectivity index (χ4n) is 3.80. The number of hydrogen-bond donors (Lipinski definition) is 1. The second-order valence-corrected chi connectivity index (χ2v) is 6.85. The summed E-state index contributed by atoms with van der Waals surface area (Å²) in [5.41, 5.74) is 9.63. The normalized spacial score (nSPS) is 19.5. The monoisotopic (exact) mass is 340 g/mol. The zero-order valence-electron chi connectivity index (χ0n) is 14.3. The minimum Gasteiger partial charge on any atom is -0.381 e. The van der Waals surface area contributed by atoms with E-state index in [-0.39, 0.29) is 11.8 Å². The molecule has 1 saturated heterocycles. The first-order chi connectivity index (χ1) is 12.2. The van der Waals surface area contributed by atoms with Gasteiger partial charge in [-0.15, -0.1) is 0 Å². The van der Waals surface area contributed by atoms with Crippen molar-refractivity contribution >= 4 is 5.91 Å². The van der Waals surface area contributed by atoms with E-state index in [1.165, 1.54) is 5.69 Å². The molecule has 6 heteroatoms. The quantitative estimate of drug-likeness (QED) is 0.919. The van der Waals surface area contributed by atoms with E-state index in [4.69, 9.17) is 10.5 Å². The van der Waals surface area contributed by atoms with Gasteiger partial charge in [-0.25, -0.2) is 4.68 Å². The first-order valence-electron chi connectivity index (χ1n) is 8.97. The first-order valence-corrected chi connectivity index (χ1v) is 8.97. The molecule has 1 aromatic carbocycles. The van der Waals surface area contributed by atoms with Gasteiger partial charge in [-0.3, -0.25) is 4.79 Å². The summed E-state index contributed by atoms with van der Waals surface area (Å²) >= 11 is 0. The van der Waals surface area contributed by atoms with E-state index < -0.39 is 6.04 Å². The maximum absolute atomic E-state index is 12.8. The van der Waals surface area contributed by atoms with E-state index in [9.17, 15) is 4.79 Å². The van der Waals surface area contributed by atoms with Gasteiger partial charge in [0.1, 0.15) is 0 Å². The van der Waals surface area contributed by atoms with Crippen LogP contribution in [0.3, 0.4) is 0 Å². The Kier molecular flexibility index (Phi) is 4.55. The van der Waals surface area contributed by atoms with Gasteiger partial charge in [0, 0.05) is 38.3 Å². The maximum atomic E-state index is 12.8. The first kappa shape index (κ1) is 16.3. The molecule has 4 rings (SSSR count). The fourth-order valence-corrected chi connectivity index (χ4v) is 3.80. The molecule has 2 N–H and O–H groups in total. The molecule has 1 atom stereocenters. The van der Waals surface area contributed by atoms with Crippen LogP contribution < -0.4 is 5.73 Å². The van der Waals surface area contributed by atoms with Crippen LogP contribution in [0.15, 0.2) is 36.5 Å². The minimum atomic E-state index is -0.422. The Hall–Kier alpha value is -2.18. The van der Waals surface area contributed by atoms with Crippen LogP contribution >= 0.6 is 0 Å². The van der Waals surface area contributed by atoms with Crippen LogP contribution in [0.25, 0.3) is 5.69 Å². The number of nitrogens with zero attached hydrogens (tertiary/aromatic N) is 3. The average molecular weight is 340 g/mol. The SMILES string of the molecule is NC(C(=O)N1CCc2c(cnn2-c2ccccc2)C1)C1CCOCC1. The Bertz CT molecular complexity index is 737. The van der Waals surface area contributed by atoms with Crippen molar-refractivity contribution in [3.63, 3.8) is 0 Å². The molecule has 2 aliphatic rings. The lowest BCUT2D eigenvalue weighted by molar-refractivity contribution is -0.135. The van der Waals surface area contributed by atoms with Crippen LogP contribution in [0.2, 0.25) is 0 Å². The molecule has 1 unspecified atom stereocenters. The minimum absolute atomic E-state index is 0.0602. The molecule has 6 nitrogen and oxygen atoms in total. The highest BCUT2D eigenvalue weighted by Gasteiger charge is 2.32. The summed E-state index contributed by atoms with van der Waals surface area (Å²) in [7, 11) is 0. The van der Waals surface area contributed by atoms with Gasteiger partial charge >= 0.3 is 0 Å². The summed E-state index contributed by atoms with van der Waals surface area (Å²) in [5, 5.41) is 4.53. The van der Waals surface area contributed by atoms with E-state index in [0.717, 1.165) is 30.5 Å². The van der Waals surface area contributed by atoms with E-state index in [1.807, 2.05) is 46.1 Å². The largest absolute Gasteiger partial charge is 0.381 e. The van der Waals surface area contributed by atoms with Crippen molar-refractivity contribution in [1.29, 1.82) is 0 Å². The van der Waals surface area contributed by atoms with E-state index in [1.54, 1.807) is 0 Å². The van der Waals surface area contributed by atoms with Gasteiger partial charge in [0.2, 0.25) is 5.91 Å². The summed E-state index contributed by atoms with van der Waals surface area (Å²) < 4.78 is 7.36. The summed E-state index contributed by atoms with van der Waals surface area (Å²) in [4.78, 5) is 14.7. The Morgan fingerprint density at radius 1 is 1.24 bits per heavy atom. The molecular weight excluding hydrogens is 316 g/mol. The molecular formula is C19H24N4O2. The van der Waals surface area contributed by atoms with Crippen molar-refractivity contribution in [1.82, 2.24) is 14.7 Å². The summed E-state index contributed by atoms with van der Waals surface area (Å²) in [6.07, 6.45) is 4.42. The highest BCUT2D eigenvalue weighted by molar-refractivity contribution is 5.82. The molecule has 1 amide bonds. The molecule has 2 aromatic rings. The molecule has 25 heavy (non-hydrogen) atoms. The molecule has 0 aliphatic carbocycles. The predicted molar refractivity (Wildman–Crippen MR) is 94.2 cm³/mol. The van der Waals surface area contributed by atoms with Crippen molar-refractivity contribution in [2.75, 3.05) is 19.8 Å². The van der Waals surface area contributed by atoms with Gasteiger partial charge in [0.25, 0.3) is 0 Å². The predicted octanol–water partition coefficient (Wildman–Crippen LogP) is 1.51. The number of fused-ring (bicyclic) bond motifs is 1. The van der Waals surface area contributed by atoms with Gasteiger partial charge < -0.3 is 15.4 Å². The number of hydrogen-bond acceptors (Lipinski definition) is 4. The van der Waals surface area contributed by atoms with Crippen molar-refractivity contribution in [2.45, 2.75) is 31.8 Å². The van der Waals surface area contributed by atoms with Crippen LogP contribution in [0.1, 0.15) is 24.1 Å². The Morgan fingerprint density at radius 3 is 2.76 bits per heavy atom. The topological polar surface area (TPSA) is 73.4 Å². The molecule has 2 aliphatic heterocycles. The lowest BCUT2D eigenvalue weighted by atomic mass is 9.91. The van der Waals surface area contributed by atoms with Gasteiger partial charge in [0.15, 0.2) is 0 Å². The zero-order chi connectivity index (χ0) is 17.2. The zero-order valence-corrected chi connectivity index (χ0v) is 14.3. The third-order valence-corrected chi connectivity index (χ3v) is 5.31.